The van der Waals surface area contributed by atoms with Gasteiger partial charge >= 0.3 is 0 Å². The van der Waals surface area contributed by atoms with Crippen molar-refractivity contribution in [1.29, 1.82) is 0 Å². The molecule has 1 N–H and O–H groups in total. The summed E-state index contributed by atoms with van der Waals surface area (Å²) in [5.41, 5.74) is 3.93. The Hall–Kier alpha value is -1.26. The van der Waals surface area contributed by atoms with Crippen LogP contribution < -0.4 is 5.32 Å². The van der Waals surface area contributed by atoms with Crippen LogP contribution in [0.4, 0.5) is 4.39 Å². The topological polar surface area (TPSA) is 24.9 Å². The average Bonchev–Trinajstić information content (AvgIpc) is 2.75. The standard InChI is InChI=1S/C14H17FN2S/c1-3-16-13(14-10(2)17-9-18-14)8-11-5-4-6-12(15)7-11/h4-7,9,13,16H,3,8H2,1-2H3. The summed E-state index contributed by atoms with van der Waals surface area (Å²) in [4.78, 5) is 5.52. The van der Waals surface area contributed by atoms with Crippen LogP contribution in [0.1, 0.15) is 29.1 Å². The summed E-state index contributed by atoms with van der Waals surface area (Å²) < 4.78 is 13.2. The number of thiazole rings is 1. The third-order valence-electron chi connectivity index (χ3n) is 2.88. The highest BCUT2D eigenvalue weighted by Gasteiger charge is 2.15. The predicted molar refractivity (Wildman–Crippen MR) is 73.4 cm³/mol. The molecule has 0 aliphatic heterocycles. The number of hydrogen-bond acceptors (Lipinski definition) is 3. The molecule has 1 atom stereocenters. The molecule has 0 bridgehead atoms. The fraction of sp³-hybridized carbons (Fsp3) is 0.357. The maximum Gasteiger partial charge on any atom is 0.123 e. The number of aryl methyl sites for hydroxylation is 1. The first-order chi connectivity index (χ1) is 8.70. The van der Waals surface area contributed by atoms with E-state index in [0.29, 0.717) is 0 Å². The van der Waals surface area contributed by atoms with Gasteiger partial charge in [0.2, 0.25) is 0 Å². The Morgan fingerprint density at radius 2 is 2.28 bits per heavy atom. The van der Waals surface area contributed by atoms with Gasteiger partial charge in [0.25, 0.3) is 0 Å². The van der Waals surface area contributed by atoms with Crippen molar-refractivity contribution in [1.82, 2.24) is 10.3 Å². The number of halogens is 1. The minimum Gasteiger partial charge on any atom is -0.309 e. The normalized spacial score (nSPS) is 12.6. The zero-order valence-electron chi connectivity index (χ0n) is 10.6. The van der Waals surface area contributed by atoms with Crippen molar-refractivity contribution >= 4 is 11.3 Å². The number of rotatable bonds is 5. The minimum absolute atomic E-state index is 0.177. The lowest BCUT2D eigenvalue weighted by atomic mass is 10.0. The van der Waals surface area contributed by atoms with Crippen LogP contribution in [0.25, 0.3) is 0 Å². The van der Waals surface area contributed by atoms with Crippen LogP contribution in [0.3, 0.4) is 0 Å². The summed E-state index contributed by atoms with van der Waals surface area (Å²) >= 11 is 1.65. The third-order valence-corrected chi connectivity index (χ3v) is 3.92. The first-order valence-electron chi connectivity index (χ1n) is 6.08. The Morgan fingerprint density at radius 1 is 1.44 bits per heavy atom. The number of likely N-dealkylation sites (N-methyl/N-ethyl adjacent to an activating group) is 1. The molecular weight excluding hydrogens is 247 g/mol. The van der Waals surface area contributed by atoms with E-state index < -0.39 is 0 Å². The highest BCUT2D eigenvalue weighted by atomic mass is 32.1. The van der Waals surface area contributed by atoms with E-state index in [-0.39, 0.29) is 11.9 Å². The fourth-order valence-corrected chi connectivity index (χ4v) is 2.93. The second-order valence-electron chi connectivity index (χ2n) is 4.25. The van der Waals surface area contributed by atoms with E-state index in [1.807, 2.05) is 18.5 Å². The third kappa shape index (κ3) is 3.15. The van der Waals surface area contributed by atoms with Crippen molar-refractivity contribution in [3.05, 3.63) is 51.7 Å². The maximum absolute atomic E-state index is 13.2. The molecule has 1 aromatic carbocycles. The van der Waals surface area contributed by atoms with Crippen LogP contribution in [-0.2, 0) is 6.42 Å². The van der Waals surface area contributed by atoms with Gasteiger partial charge in [-0.3, -0.25) is 0 Å². The first kappa shape index (κ1) is 13.2. The zero-order chi connectivity index (χ0) is 13.0. The maximum atomic E-state index is 13.2. The highest BCUT2D eigenvalue weighted by molar-refractivity contribution is 7.09. The lowest BCUT2D eigenvalue weighted by Crippen LogP contribution is -2.22. The second kappa shape index (κ2) is 6.07. The number of hydrogen-bond donors (Lipinski definition) is 1. The largest absolute Gasteiger partial charge is 0.309 e. The van der Waals surface area contributed by atoms with E-state index in [4.69, 9.17) is 0 Å². The highest BCUT2D eigenvalue weighted by Crippen LogP contribution is 2.25. The summed E-state index contributed by atoms with van der Waals surface area (Å²) in [7, 11) is 0. The van der Waals surface area contributed by atoms with Crippen LogP contribution in [0.15, 0.2) is 29.8 Å². The smallest absolute Gasteiger partial charge is 0.123 e. The van der Waals surface area contributed by atoms with Crippen LogP contribution in [-0.4, -0.2) is 11.5 Å². The molecule has 0 radical (unpaired) electrons. The Balaban J connectivity index is 2.19. The Kier molecular flexibility index (Phi) is 4.44. The lowest BCUT2D eigenvalue weighted by molar-refractivity contribution is 0.551. The minimum atomic E-state index is -0.177. The van der Waals surface area contributed by atoms with E-state index in [1.54, 1.807) is 23.5 Å². The molecule has 0 spiro atoms. The van der Waals surface area contributed by atoms with E-state index in [0.717, 1.165) is 24.2 Å². The van der Waals surface area contributed by atoms with Gasteiger partial charge in [-0.05, 0) is 37.6 Å². The van der Waals surface area contributed by atoms with E-state index >= 15 is 0 Å². The molecule has 18 heavy (non-hydrogen) atoms. The second-order valence-corrected chi connectivity index (χ2v) is 5.13. The lowest BCUT2D eigenvalue weighted by Gasteiger charge is -2.17. The molecule has 2 rings (SSSR count). The monoisotopic (exact) mass is 264 g/mol. The summed E-state index contributed by atoms with van der Waals surface area (Å²) in [6.45, 7) is 4.98. The van der Waals surface area contributed by atoms with Crippen molar-refractivity contribution in [3.8, 4) is 0 Å². The number of nitrogens with one attached hydrogen (secondary N) is 1. The van der Waals surface area contributed by atoms with Crippen LogP contribution in [0.5, 0.6) is 0 Å². The molecule has 2 aromatic rings. The zero-order valence-corrected chi connectivity index (χ0v) is 11.4. The Labute approximate surface area is 111 Å². The van der Waals surface area contributed by atoms with Gasteiger partial charge in [-0.1, -0.05) is 19.1 Å². The Bertz CT molecular complexity index is 510. The molecule has 0 fully saturated rings. The fourth-order valence-electron chi connectivity index (χ4n) is 2.05. The van der Waals surface area contributed by atoms with Gasteiger partial charge in [0.1, 0.15) is 5.82 Å². The predicted octanol–water partition coefficient (Wildman–Crippen LogP) is 3.48. The van der Waals surface area contributed by atoms with Crippen molar-refractivity contribution in [3.63, 3.8) is 0 Å². The van der Waals surface area contributed by atoms with Crippen molar-refractivity contribution in [2.75, 3.05) is 6.54 Å². The van der Waals surface area contributed by atoms with Crippen LogP contribution in [0, 0.1) is 12.7 Å². The van der Waals surface area contributed by atoms with Gasteiger partial charge in [0.15, 0.2) is 0 Å². The Morgan fingerprint density at radius 3 is 2.89 bits per heavy atom. The van der Waals surface area contributed by atoms with E-state index in [9.17, 15) is 4.39 Å². The van der Waals surface area contributed by atoms with E-state index in [1.165, 1.54) is 10.9 Å². The van der Waals surface area contributed by atoms with E-state index in [2.05, 4.69) is 17.2 Å². The molecule has 4 heteroatoms. The quantitative estimate of drug-likeness (QED) is 0.894. The van der Waals surface area contributed by atoms with Crippen LogP contribution >= 0.6 is 11.3 Å². The van der Waals surface area contributed by atoms with Crippen molar-refractivity contribution in [2.24, 2.45) is 0 Å². The molecule has 1 heterocycles. The van der Waals surface area contributed by atoms with Gasteiger partial charge in [-0.15, -0.1) is 11.3 Å². The molecule has 96 valence electrons. The molecule has 0 aliphatic rings. The van der Waals surface area contributed by atoms with Crippen molar-refractivity contribution in [2.45, 2.75) is 26.3 Å². The molecule has 0 aliphatic carbocycles. The summed E-state index contributed by atoms with van der Waals surface area (Å²) in [5, 5.41) is 3.44. The molecule has 0 saturated heterocycles. The summed E-state index contributed by atoms with van der Waals surface area (Å²) in [5.74, 6) is -0.177. The molecule has 2 nitrogen and oxygen atoms in total. The molecule has 0 amide bonds. The SMILES string of the molecule is CCNC(Cc1cccc(F)c1)c1scnc1C. The molecular formula is C14H17FN2S. The van der Waals surface area contributed by atoms with Crippen LogP contribution in [0.2, 0.25) is 0 Å². The average molecular weight is 264 g/mol. The number of benzene rings is 1. The van der Waals surface area contributed by atoms with Gasteiger partial charge in [-0.25, -0.2) is 9.37 Å². The van der Waals surface area contributed by atoms with Gasteiger partial charge in [0.05, 0.1) is 11.2 Å². The summed E-state index contributed by atoms with van der Waals surface area (Å²) in [6, 6.07) is 7.01. The first-order valence-corrected chi connectivity index (χ1v) is 6.96. The molecule has 1 aromatic heterocycles. The van der Waals surface area contributed by atoms with Gasteiger partial charge < -0.3 is 5.32 Å². The molecule has 1 unspecified atom stereocenters. The number of aromatic nitrogens is 1. The number of nitrogens with zero attached hydrogens (tertiary/aromatic N) is 1. The molecule has 0 saturated carbocycles. The van der Waals surface area contributed by atoms with Gasteiger partial charge in [-0.2, -0.15) is 0 Å². The van der Waals surface area contributed by atoms with Gasteiger partial charge in [0, 0.05) is 10.9 Å². The van der Waals surface area contributed by atoms with Crippen molar-refractivity contribution < 1.29 is 4.39 Å². The summed E-state index contributed by atoms with van der Waals surface area (Å²) in [6.07, 6.45) is 0.786.